The van der Waals surface area contributed by atoms with Crippen molar-refractivity contribution in [2.24, 2.45) is 11.7 Å². The molecule has 2 rings (SSSR count). The Morgan fingerprint density at radius 2 is 2.05 bits per heavy atom. The van der Waals surface area contributed by atoms with Gasteiger partial charge in [0.1, 0.15) is 11.5 Å². The molecule has 0 saturated heterocycles. The molecule has 0 amide bonds. The summed E-state index contributed by atoms with van der Waals surface area (Å²) in [6.07, 6.45) is 5.22. The van der Waals surface area contributed by atoms with Crippen molar-refractivity contribution < 1.29 is 14.2 Å². The molecule has 4 heteroatoms. The molecule has 0 radical (unpaired) electrons. The average molecular weight is 293 g/mol. The Bertz CT molecular complexity index is 450. The van der Waals surface area contributed by atoms with Gasteiger partial charge in [-0.25, -0.2) is 0 Å². The molecule has 1 aromatic carbocycles. The quantitative estimate of drug-likeness (QED) is 0.874. The van der Waals surface area contributed by atoms with E-state index in [4.69, 9.17) is 19.9 Å². The largest absolute Gasteiger partial charge is 0.497 e. The van der Waals surface area contributed by atoms with Gasteiger partial charge in [0.15, 0.2) is 0 Å². The third-order valence-electron chi connectivity index (χ3n) is 4.24. The van der Waals surface area contributed by atoms with Gasteiger partial charge in [-0.05, 0) is 30.9 Å². The second-order valence-corrected chi connectivity index (χ2v) is 5.94. The smallest absolute Gasteiger partial charge is 0.127 e. The SMILES string of the molecule is COc1ccc(C(N)COC2CCCC(C)C2)c(OC)c1. The lowest BCUT2D eigenvalue weighted by Gasteiger charge is -2.28. The molecule has 1 aliphatic carbocycles. The van der Waals surface area contributed by atoms with Gasteiger partial charge >= 0.3 is 0 Å². The van der Waals surface area contributed by atoms with E-state index in [1.54, 1.807) is 14.2 Å². The molecule has 0 aliphatic heterocycles. The molecule has 1 fully saturated rings. The van der Waals surface area contributed by atoms with Crippen LogP contribution in [0, 0.1) is 5.92 Å². The van der Waals surface area contributed by atoms with Gasteiger partial charge in [0, 0.05) is 11.6 Å². The summed E-state index contributed by atoms with van der Waals surface area (Å²) in [5.74, 6) is 2.28. The minimum Gasteiger partial charge on any atom is -0.497 e. The molecule has 0 spiro atoms. The second-order valence-electron chi connectivity index (χ2n) is 5.94. The van der Waals surface area contributed by atoms with Crippen LogP contribution in [0.25, 0.3) is 0 Å². The maximum atomic E-state index is 6.27. The fraction of sp³-hybridized carbons (Fsp3) is 0.647. The van der Waals surface area contributed by atoms with Crippen molar-refractivity contribution in [1.82, 2.24) is 0 Å². The standard InChI is InChI=1S/C17H27NO3/c1-12-5-4-6-14(9-12)21-11-16(18)15-8-7-13(19-2)10-17(15)20-3/h7-8,10,12,14,16H,4-6,9,11,18H2,1-3H3. The summed E-state index contributed by atoms with van der Waals surface area (Å²) in [7, 11) is 3.29. The van der Waals surface area contributed by atoms with Gasteiger partial charge < -0.3 is 19.9 Å². The van der Waals surface area contributed by atoms with E-state index in [9.17, 15) is 0 Å². The molecule has 3 unspecified atom stereocenters. The Hall–Kier alpha value is -1.26. The summed E-state index contributed by atoms with van der Waals surface area (Å²) in [5, 5.41) is 0. The summed E-state index contributed by atoms with van der Waals surface area (Å²) in [5.41, 5.74) is 7.23. The number of methoxy groups -OCH3 is 2. The molecular formula is C17H27NO3. The van der Waals surface area contributed by atoms with Gasteiger partial charge in [-0.1, -0.05) is 19.8 Å². The van der Waals surface area contributed by atoms with Crippen molar-refractivity contribution in [3.63, 3.8) is 0 Å². The van der Waals surface area contributed by atoms with Crippen molar-refractivity contribution in [2.45, 2.75) is 44.8 Å². The van der Waals surface area contributed by atoms with Gasteiger partial charge in [0.05, 0.1) is 33.0 Å². The second kappa shape index (κ2) is 7.66. The monoisotopic (exact) mass is 293 g/mol. The lowest BCUT2D eigenvalue weighted by atomic mass is 9.89. The van der Waals surface area contributed by atoms with Crippen LogP contribution < -0.4 is 15.2 Å². The fourth-order valence-electron chi connectivity index (χ4n) is 2.98. The topological polar surface area (TPSA) is 53.7 Å². The lowest BCUT2D eigenvalue weighted by molar-refractivity contribution is 0.00828. The number of ether oxygens (including phenoxy) is 3. The van der Waals surface area contributed by atoms with Crippen LogP contribution in [0.5, 0.6) is 11.5 Å². The molecule has 0 aromatic heterocycles. The predicted octanol–water partition coefficient (Wildman–Crippen LogP) is 3.30. The average Bonchev–Trinajstić information content (AvgIpc) is 2.52. The first-order valence-electron chi connectivity index (χ1n) is 7.73. The van der Waals surface area contributed by atoms with Crippen molar-refractivity contribution in [2.75, 3.05) is 20.8 Å². The summed E-state index contributed by atoms with van der Waals surface area (Å²) < 4.78 is 16.6. The van der Waals surface area contributed by atoms with Crippen molar-refractivity contribution in [1.29, 1.82) is 0 Å². The van der Waals surface area contributed by atoms with Crippen LogP contribution in [0.3, 0.4) is 0 Å². The van der Waals surface area contributed by atoms with Crippen LogP contribution >= 0.6 is 0 Å². The number of nitrogens with two attached hydrogens (primary N) is 1. The zero-order valence-electron chi connectivity index (χ0n) is 13.3. The van der Waals surface area contributed by atoms with E-state index < -0.39 is 0 Å². The van der Waals surface area contributed by atoms with Gasteiger partial charge in [-0.2, -0.15) is 0 Å². The predicted molar refractivity (Wildman–Crippen MR) is 83.8 cm³/mol. The van der Waals surface area contributed by atoms with Crippen molar-refractivity contribution in [3.8, 4) is 11.5 Å². The van der Waals surface area contributed by atoms with E-state index in [-0.39, 0.29) is 6.04 Å². The first kappa shape index (κ1) is 16.1. The van der Waals surface area contributed by atoms with E-state index in [0.717, 1.165) is 35.8 Å². The van der Waals surface area contributed by atoms with Gasteiger partial charge in [-0.15, -0.1) is 0 Å². The number of rotatable bonds is 6. The molecule has 3 atom stereocenters. The summed E-state index contributed by atoms with van der Waals surface area (Å²) in [6, 6.07) is 5.54. The highest BCUT2D eigenvalue weighted by Crippen LogP contribution is 2.30. The minimum atomic E-state index is -0.178. The van der Waals surface area contributed by atoms with Gasteiger partial charge in [-0.3, -0.25) is 0 Å². The third-order valence-corrected chi connectivity index (χ3v) is 4.24. The highest BCUT2D eigenvalue weighted by atomic mass is 16.5. The third kappa shape index (κ3) is 4.35. The van der Waals surface area contributed by atoms with Gasteiger partial charge in [0.2, 0.25) is 0 Å². The first-order valence-corrected chi connectivity index (χ1v) is 7.73. The lowest BCUT2D eigenvalue weighted by Crippen LogP contribution is -2.26. The maximum absolute atomic E-state index is 6.27. The molecule has 2 N–H and O–H groups in total. The molecule has 0 heterocycles. The highest BCUT2D eigenvalue weighted by molar-refractivity contribution is 5.42. The number of hydrogen-bond acceptors (Lipinski definition) is 4. The van der Waals surface area contributed by atoms with E-state index in [1.807, 2.05) is 18.2 Å². The van der Waals surface area contributed by atoms with Crippen LogP contribution in [-0.2, 0) is 4.74 Å². The van der Waals surface area contributed by atoms with Crippen LogP contribution in [0.2, 0.25) is 0 Å². The van der Waals surface area contributed by atoms with Crippen molar-refractivity contribution in [3.05, 3.63) is 23.8 Å². The minimum absolute atomic E-state index is 0.178. The molecule has 21 heavy (non-hydrogen) atoms. The number of benzene rings is 1. The Kier molecular flexibility index (Phi) is 5.88. The summed E-state index contributed by atoms with van der Waals surface area (Å²) >= 11 is 0. The maximum Gasteiger partial charge on any atom is 0.127 e. The normalized spacial score (nSPS) is 23.6. The van der Waals surface area contributed by atoms with Crippen molar-refractivity contribution >= 4 is 0 Å². The van der Waals surface area contributed by atoms with E-state index in [2.05, 4.69) is 6.92 Å². The zero-order valence-corrected chi connectivity index (χ0v) is 13.3. The van der Waals surface area contributed by atoms with Gasteiger partial charge in [0.25, 0.3) is 0 Å². The molecule has 1 saturated carbocycles. The van der Waals surface area contributed by atoms with Crippen LogP contribution in [-0.4, -0.2) is 26.9 Å². The Morgan fingerprint density at radius 3 is 2.71 bits per heavy atom. The fourth-order valence-corrected chi connectivity index (χ4v) is 2.98. The molecule has 118 valence electrons. The summed E-state index contributed by atoms with van der Waals surface area (Å²) in [4.78, 5) is 0. The molecular weight excluding hydrogens is 266 g/mol. The first-order chi connectivity index (χ1) is 10.1. The molecule has 1 aromatic rings. The molecule has 0 bridgehead atoms. The number of hydrogen-bond donors (Lipinski definition) is 1. The van der Waals surface area contributed by atoms with E-state index >= 15 is 0 Å². The summed E-state index contributed by atoms with van der Waals surface area (Å²) in [6.45, 7) is 2.82. The Balaban J connectivity index is 1.94. The molecule has 1 aliphatic rings. The van der Waals surface area contributed by atoms with E-state index in [1.165, 1.54) is 12.8 Å². The van der Waals surface area contributed by atoms with Crippen LogP contribution in [0.1, 0.15) is 44.2 Å². The van der Waals surface area contributed by atoms with E-state index in [0.29, 0.717) is 12.7 Å². The highest BCUT2D eigenvalue weighted by Gasteiger charge is 2.21. The Labute approximate surface area is 127 Å². The van der Waals surface area contributed by atoms with Crippen LogP contribution in [0.15, 0.2) is 18.2 Å². The zero-order chi connectivity index (χ0) is 15.2. The molecule has 4 nitrogen and oxygen atoms in total. The van der Waals surface area contributed by atoms with Crippen LogP contribution in [0.4, 0.5) is 0 Å². The Morgan fingerprint density at radius 1 is 1.24 bits per heavy atom.